The van der Waals surface area contributed by atoms with Crippen LogP contribution in [0.1, 0.15) is 33.1 Å². The maximum atomic E-state index is 2.94. The SMILES string of the molecule is CC(C)C1CCC(P)C1. The summed E-state index contributed by atoms with van der Waals surface area (Å²) in [6, 6.07) is 0. The molecule has 1 rings (SSSR count). The first-order valence-electron chi connectivity index (χ1n) is 3.95. The Morgan fingerprint density at radius 1 is 1.33 bits per heavy atom. The lowest BCUT2D eigenvalue weighted by Gasteiger charge is -2.12. The molecule has 3 unspecified atom stereocenters. The van der Waals surface area contributed by atoms with E-state index in [0.29, 0.717) is 0 Å². The average Bonchev–Trinajstić information content (AvgIpc) is 2.14. The molecule has 0 nitrogen and oxygen atoms in total. The van der Waals surface area contributed by atoms with Gasteiger partial charge in [0.1, 0.15) is 0 Å². The van der Waals surface area contributed by atoms with Crippen LogP contribution >= 0.6 is 9.24 Å². The Bertz CT molecular complexity index is 88.6. The van der Waals surface area contributed by atoms with Gasteiger partial charge in [0, 0.05) is 0 Å². The molecule has 0 aromatic heterocycles. The molecule has 1 heteroatoms. The van der Waals surface area contributed by atoms with Gasteiger partial charge in [0.25, 0.3) is 0 Å². The summed E-state index contributed by atoms with van der Waals surface area (Å²) in [6.07, 6.45) is 4.35. The van der Waals surface area contributed by atoms with Crippen molar-refractivity contribution in [2.24, 2.45) is 11.8 Å². The molecule has 0 spiro atoms. The van der Waals surface area contributed by atoms with Crippen LogP contribution in [0.2, 0.25) is 0 Å². The van der Waals surface area contributed by atoms with Gasteiger partial charge < -0.3 is 0 Å². The second kappa shape index (κ2) is 3.01. The van der Waals surface area contributed by atoms with Gasteiger partial charge in [0.2, 0.25) is 0 Å². The fourth-order valence-corrected chi connectivity index (χ4v) is 2.20. The van der Waals surface area contributed by atoms with Gasteiger partial charge in [-0.1, -0.05) is 13.8 Å². The van der Waals surface area contributed by atoms with Gasteiger partial charge in [-0.15, -0.1) is 9.24 Å². The van der Waals surface area contributed by atoms with Crippen LogP contribution in [0.25, 0.3) is 0 Å². The molecule has 0 saturated heterocycles. The number of hydrogen-bond donors (Lipinski definition) is 0. The van der Waals surface area contributed by atoms with Crippen molar-refractivity contribution in [3.05, 3.63) is 0 Å². The molecule has 0 N–H and O–H groups in total. The summed E-state index contributed by atoms with van der Waals surface area (Å²) in [7, 11) is 2.94. The molecule has 1 aliphatic carbocycles. The third-order valence-electron chi connectivity index (χ3n) is 2.46. The van der Waals surface area contributed by atoms with Gasteiger partial charge in [-0.2, -0.15) is 0 Å². The molecule has 0 aromatic carbocycles. The van der Waals surface area contributed by atoms with Crippen molar-refractivity contribution < 1.29 is 0 Å². The lowest BCUT2D eigenvalue weighted by Crippen LogP contribution is -2.03. The Morgan fingerprint density at radius 2 is 2.00 bits per heavy atom. The quantitative estimate of drug-likeness (QED) is 0.496. The lowest BCUT2D eigenvalue weighted by molar-refractivity contribution is 0.397. The summed E-state index contributed by atoms with van der Waals surface area (Å²) >= 11 is 0. The Kier molecular flexibility index (Phi) is 2.52. The van der Waals surface area contributed by atoms with Crippen molar-refractivity contribution in [3.8, 4) is 0 Å². The minimum Gasteiger partial charge on any atom is -0.134 e. The summed E-state index contributed by atoms with van der Waals surface area (Å²) < 4.78 is 0. The van der Waals surface area contributed by atoms with Crippen molar-refractivity contribution in [1.29, 1.82) is 0 Å². The van der Waals surface area contributed by atoms with Crippen molar-refractivity contribution in [3.63, 3.8) is 0 Å². The largest absolute Gasteiger partial charge is 0.134 e. The van der Waals surface area contributed by atoms with Gasteiger partial charge in [-0.3, -0.25) is 0 Å². The molecular weight excluding hydrogens is 127 g/mol. The molecule has 1 aliphatic rings. The highest BCUT2D eigenvalue weighted by atomic mass is 31.0. The molecule has 54 valence electrons. The molecular formula is C8H17P. The minimum absolute atomic E-state index is 0.913. The van der Waals surface area contributed by atoms with Crippen LogP contribution in [-0.2, 0) is 0 Å². The predicted octanol–water partition coefficient (Wildman–Crippen LogP) is 2.69. The highest BCUT2D eigenvalue weighted by Gasteiger charge is 2.23. The van der Waals surface area contributed by atoms with Crippen LogP contribution in [0.15, 0.2) is 0 Å². The Morgan fingerprint density at radius 3 is 2.22 bits per heavy atom. The van der Waals surface area contributed by atoms with Crippen LogP contribution in [0, 0.1) is 11.8 Å². The maximum Gasteiger partial charge on any atom is -0.0261 e. The smallest absolute Gasteiger partial charge is 0.0261 e. The molecule has 0 bridgehead atoms. The summed E-state index contributed by atoms with van der Waals surface area (Å²) in [5, 5.41) is 0. The van der Waals surface area contributed by atoms with E-state index in [9.17, 15) is 0 Å². The predicted molar refractivity (Wildman–Crippen MR) is 45.7 cm³/mol. The van der Waals surface area contributed by atoms with Gasteiger partial charge in [0.05, 0.1) is 0 Å². The van der Waals surface area contributed by atoms with Crippen LogP contribution in [0.5, 0.6) is 0 Å². The van der Waals surface area contributed by atoms with Crippen molar-refractivity contribution in [2.75, 3.05) is 0 Å². The normalized spacial score (nSPS) is 36.0. The second-order valence-corrected chi connectivity index (χ2v) is 4.52. The molecule has 0 aliphatic heterocycles. The van der Waals surface area contributed by atoms with Crippen LogP contribution in [0.4, 0.5) is 0 Å². The van der Waals surface area contributed by atoms with E-state index >= 15 is 0 Å². The standard InChI is InChI=1S/C8H17P/c1-6(2)7-3-4-8(9)5-7/h6-8H,3-5,9H2,1-2H3. The fraction of sp³-hybridized carbons (Fsp3) is 1.00. The van der Waals surface area contributed by atoms with E-state index in [-0.39, 0.29) is 0 Å². The fourth-order valence-electron chi connectivity index (χ4n) is 1.66. The van der Waals surface area contributed by atoms with Gasteiger partial charge in [0.15, 0.2) is 0 Å². The molecule has 0 heterocycles. The van der Waals surface area contributed by atoms with Gasteiger partial charge in [-0.25, -0.2) is 0 Å². The first-order valence-corrected chi connectivity index (χ1v) is 4.62. The molecule has 3 atom stereocenters. The molecule has 1 fully saturated rings. The van der Waals surface area contributed by atoms with Crippen LogP contribution in [-0.4, -0.2) is 5.66 Å². The second-order valence-electron chi connectivity index (χ2n) is 3.58. The Balaban J connectivity index is 2.30. The zero-order valence-electron chi connectivity index (χ0n) is 6.43. The monoisotopic (exact) mass is 144 g/mol. The number of rotatable bonds is 1. The van der Waals surface area contributed by atoms with Gasteiger partial charge in [-0.05, 0) is 36.8 Å². The van der Waals surface area contributed by atoms with Gasteiger partial charge >= 0.3 is 0 Å². The van der Waals surface area contributed by atoms with Crippen LogP contribution < -0.4 is 0 Å². The molecule has 0 aromatic rings. The first kappa shape index (κ1) is 7.54. The zero-order chi connectivity index (χ0) is 6.85. The van der Waals surface area contributed by atoms with Crippen molar-refractivity contribution >= 4 is 9.24 Å². The highest BCUT2D eigenvalue weighted by molar-refractivity contribution is 7.17. The third-order valence-corrected chi connectivity index (χ3v) is 3.06. The van der Waals surface area contributed by atoms with E-state index in [4.69, 9.17) is 0 Å². The molecule has 0 amide bonds. The Hall–Kier alpha value is 0.430. The lowest BCUT2D eigenvalue weighted by atomic mass is 9.95. The van der Waals surface area contributed by atoms with Crippen LogP contribution in [0.3, 0.4) is 0 Å². The third kappa shape index (κ3) is 1.93. The molecule has 9 heavy (non-hydrogen) atoms. The highest BCUT2D eigenvalue weighted by Crippen LogP contribution is 2.35. The topological polar surface area (TPSA) is 0 Å². The van der Waals surface area contributed by atoms with Crippen molar-refractivity contribution in [1.82, 2.24) is 0 Å². The summed E-state index contributed by atoms with van der Waals surface area (Å²) in [5.41, 5.74) is 0.928. The summed E-state index contributed by atoms with van der Waals surface area (Å²) in [6.45, 7) is 4.68. The molecule has 1 saturated carbocycles. The van der Waals surface area contributed by atoms with E-state index in [1.54, 1.807) is 0 Å². The average molecular weight is 144 g/mol. The maximum absolute atomic E-state index is 2.94. The van der Waals surface area contributed by atoms with E-state index in [0.717, 1.165) is 17.5 Å². The van der Waals surface area contributed by atoms with Crippen molar-refractivity contribution in [2.45, 2.75) is 38.8 Å². The van der Waals surface area contributed by atoms with E-state index in [1.807, 2.05) is 0 Å². The zero-order valence-corrected chi connectivity index (χ0v) is 7.59. The molecule has 0 radical (unpaired) electrons. The minimum atomic E-state index is 0.913. The number of hydrogen-bond acceptors (Lipinski definition) is 0. The van der Waals surface area contributed by atoms with E-state index in [2.05, 4.69) is 23.1 Å². The Labute approximate surface area is 60.6 Å². The van der Waals surface area contributed by atoms with E-state index in [1.165, 1.54) is 19.3 Å². The summed E-state index contributed by atoms with van der Waals surface area (Å²) in [4.78, 5) is 0. The summed E-state index contributed by atoms with van der Waals surface area (Å²) in [5.74, 6) is 1.93. The van der Waals surface area contributed by atoms with E-state index < -0.39 is 0 Å². The first-order chi connectivity index (χ1) is 4.20.